The smallest absolute Gasteiger partial charge is 0.0426 e. The van der Waals surface area contributed by atoms with Crippen molar-refractivity contribution in [1.29, 1.82) is 0 Å². The highest BCUT2D eigenvalue weighted by Crippen LogP contribution is 2.16. The molecule has 0 saturated carbocycles. The molecule has 0 unspecified atom stereocenters. The molecule has 4 heteroatoms. The minimum absolute atomic E-state index is 0.729. The number of nitrogens with one attached hydrogen (secondary N) is 1. The first-order chi connectivity index (χ1) is 7.74. The number of pyridine rings is 1. The molecule has 0 atom stereocenters. The molecular formula is C12H10BrClN2. The quantitative estimate of drug-likeness (QED) is 0.922. The minimum Gasteiger partial charge on any atom is -0.381 e. The Labute approximate surface area is 108 Å². The minimum atomic E-state index is 0.729. The van der Waals surface area contributed by atoms with Crippen molar-refractivity contribution in [3.63, 3.8) is 0 Å². The number of nitrogens with zero attached hydrogens (tertiary/aromatic N) is 1. The van der Waals surface area contributed by atoms with Crippen LogP contribution in [0.3, 0.4) is 0 Å². The van der Waals surface area contributed by atoms with E-state index in [1.807, 2.05) is 36.5 Å². The van der Waals surface area contributed by atoms with E-state index in [2.05, 4.69) is 26.2 Å². The number of halogens is 2. The summed E-state index contributed by atoms with van der Waals surface area (Å²) >= 11 is 9.28. The SMILES string of the molecule is Clc1cccc(NCc2cncc(Br)c2)c1. The van der Waals surface area contributed by atoms with Gasteiger partial charge < -0.3 is 5.32 Å². The molecule has 2 rings (SSSR count). The van der Waals surface area contributed by atoms with Gasteiger partial charge in [0.15, 0.2) is 0 Å². The zero-order valence-electron chi connectivity index (χ0n) is 8.45. The standard InChI is InChI=1S/C12H10BrClN2/c13-10-4-9(6-15-8-10)7-16-12-3-1-2-11(14)5-12/h1-6,8,16H,7H2. The Morgan fingerprint density at radius 3 is 2.88 bits per heavy atom. The number of rotatable bonds is 3. The van der Waals surface area contributed by atoms with E-state index in [0.29, 0.717) is 0 Å². The molecule has 1 N–H and O–H groups in total. The van der Waals surface area contributed by atoms with Crippen LogP contribution in [0.1, 0.15) is 5.56 Å². The summed E-state index contributed by atoms with van der Waals surface area (Å²) < 4.78 is 0.984. The summed E-state index contributed by atoms with van der Waals surface area (Å²) in [6.07, 6.45) is 3.60. The van der Waals surface area contributed by atoms with Crippen molar-refractivity contribution in [3.8, 4) is 0 Å². The Morgan fingerprint density at radius 1 is 1.25 bits per heavy atom. The summed E-state index contributed by atoms with van der Waals surface area (Å²) in [5.74, 6) is 0. The molecule has 0 aliphatic carbocycles. The van der Waals surface area contributed by atoms with E-state index in [9.17, 15) is 0 Å². The van der Waals surface area contributed by atoms with Crippen molar-refractivity contribution in [2.45, 2.75) is 6.54 Å². The molecule has 1 aromatic heterocycles. The Bertz CT molecular complexity index is 442. The summed E-state index contributed by atoms with van der Waals surface area (Å²) in [6, 6.07) is 9.69. The van der Waals surface area contributed by atoms with Gasteiger partial charge in [-0.25, -0.2) is 0 Å². The molecule has 0 fully saturated rings. The third-order valence-electron chi connectivity index (χ3n) is 2.08. The number of aromatic nitrogens is 1. The third-order valence-corrected chi connectivity index (χ3v) is 2.75. The summed E-state index contributed by atoms with van der Waals surface area (Å²) in [5, 5.41) is 4.02. The van der Waals surface area contributed by atoms with Gasteiger partial charge in [-0.15, -0.1) is 0 Å². The van der Waals surface area contributed by atoms with Crippen LogP contribution >= 0.6 is 27.5 Å². The van der Waals surface area contributed by atoms with Crippen LogP contribution in [0.5, 0.6) is 0 Å². The van der Waals surface area contributed by atoms with Gasteiger partial charge >= 0.3 is 0 Å². The van der Waals surface area contributed by atoms with Gasteiger partial charge in [-0.05, 0) is 45.8 Å². The van der Waals surface area contributed by atoms with Crippen molar-refractivity contribution >= 4 is 33.2 Å². The molecule has 0 bridgehead atoms. The average Bonchev–Trinajstić information content (AvgIpc) is 2.27. The fourth-order valence-corrected chi connectivity index (χ4v) is 1.96. The Balaban J connectivity index is 2.02. The maximum absolute atomic E-state index is 5.89. The van der Waals surface area contributed by atoms with Gasteiger partial charge in [0.1, 0.15) is 0 Å². The van der Waals surface area contributed by atoms with E-state index >= 15 is 0 Å². The number of hydrogen-bond acceptors (Lipinski definition) is 2. The normalized spacial score (nSPS) is 10.1. The first-order valence-corrected chi connectivity index (χ1v) is 6.00. The highest BCUT2D eigenvalue weighted by atomic mass is 79.9. The zero-order chi connectivity index (χ0) is 11.4. The van der Waals surface area contributed by atoms with E-state index in [1.165, 1.54) is 0 Å². The molecule has 16 heavy (non-hydrogen) atoms. The van der Waals surface area contributed by atoms with Gasteiger partial charge in [-0.1, -0.05) is 17.7 Å². The maximum atomic E-state index is 5.89. The first-order valence-electron chi connectivity index (χ1n) is 4.83. The number of hydrogen-bond donors (Lipinski definition) is 1. The van der Waals surface area contributed by atoms with Gasteiger partial charge in [0.25, 0.3) is 0 Å². The molecule has 0 spiro atoms. The van der Waals surface area contributed by atoms with Crippen molar-refractivity contribution in [3.05, 3.63) is 57.8 Å². The molecule has 0 aliphatic heterocycles. The second-order valence-corrected chi connectivity index (χ2v) is 4.73. The lowest BCUT2D eigenvalue weighted by Gasteiger charge is -2.06. The van der Waals surface area contributed by atoms with Crippen molar-refractivity contribution in [1.82, 2.24) is 4.98 Å². The zero-order valence-corrected chi connectivity index (χ0v) is 10.8. The highest BCUT2D eigenvalue weighted by molar-refractivity contribution is 9.10. The van der Waals surface area contributed by atoms with Crippen LogP contribution in [-0.2, 0) is 6.54 Å². The predicted octanol–water partition coefficient (Wildman–Crippen LogP) is 4.11. The van der Waals surface area contributed by atoms with Crippen LogP contribution in [-0.4, -0.2) is 4.98 Å². The van der Waals surface area contributed by atoms with Crippen molar-refractivity contribution in [2.24, 2.45) is 0 Å². The van der Waals surface area contributed by atoms with Gasteiger partial charge in [0.2, 0.25) is 0 Å². The van der Waals surface area contributed by atoms with Crippen LogP contribution in [0.4, 0.5) is 5.69 Å². The van der Waals surface area contributed by atoms with Crippen molar-refractivity contribution in [2.75, 3.05) is 5.32 Å². The average molecular weight is 298 g/mol. The maximum Gasteiger partial charge on any atom is 0.0426 e. The van der Waals surface area contributed by atoms with Crippen molar-refractivity contribution < 1.29 is 0 Å². The molecule has 0 radical (unpaired) electrons. The fourth-order valence-electron chi connectivity index (χ4n) is 1.36. The predicted molar refractivity (Wildman–Crippen MR) is 70.7 cm³/mol. The van der Waals surface area contributed by atoms with Gasteiger partial charge in [0, 0.05) is 34.1 Å². The van der Waals surface area contributed by atoms with Crippen LogP contribution in [0, 0.1) is 0 Å². The van der Waals surface area contributed by atoms with Gasteiger partial charge in [-0.2, -0.15) is 0 Å². The van der Waals surface area contributed by atoms with Crippen LogP contribution in [0.2, 0.25) is 5.02 Å². The summed E-state index contributed by atoms with van der Waals surface area (Å²) in [4.78, 5) is 4.10. The topological polar surface area (TPSA) is 24.9 Å². The molecule has 1 aromatic carbocycles. The largest absolute Gasteiger partial charge is 0.381 e. The summed E-state index contributed by atoms with van der Waals surface area (Å²) in [5.41, 5.74) is 2.13. The molecule has 2 aromatic rings. The molecule has 2 nitrogen and oxygen atoms in total. The number of benzene rings is 1. The lowest BCUT2D eigenvalue weighted by atomic mass is 10.2. The third kappa shape index (κ3) is 3.22. The first kappa shape index (κ1) is 11.4. The molecule has 0 amide bonds. The second kappa shape index (κ2) is 5.32. The highest BCUT2D eigenvalue weighted by Gasteiger charge is 1.96. The molecule has 0 aliphatic rings. The van der Waals surface area contributed by atoms with E-state index in [0.717, 1.165) is 27.3 Å². The van der Waals surface area contributed by atoms with Gasteiger partial charge in [-0.3, -0.25) is 4.98 Å². The van der Waals surface area contributed by atoms with E-state index < -0.39 is 0 Å². The number of anilines is 1. The van der Waals surface area contributed by atoms with E-state index in [4.69, 9.17) is 11.6 Å². The lowest BCUT2D eigenvalue weighted by Crippen LogP contribution is -1.99. The van der Waals surface area contributed by atoms with Crippen LogP contribution in [0.25, 0.3) is 0 Å². The monoisotopic (exact) mass is 296 g/mol. The molecule has 82 valence electrons. The van der Waals surface area contributed by atoms with Crippen LogP contribution in [0.15, 0.2) is 47.2 Å². The molecule has 0 saturated heterocycles. The molecule has 1 heterocycles. The van der Waals surface area contributed by atoms with E-state index in [-0.39, 0.29) is 0 Å². The Hall–Kier alpha value is -1.06. The van der Waals surface area contributed by atoms with Gasteiger partial charge in [0.05, 0.1) is 0 Å². The Morgan fingerprint density at radius 2 is 2.12 bits per heavy atom. The Kier molecular flexibility index (Phi) is 3.80. The summed E-state index contributed by atoms with van der Waals surface area (Å²) in [7, 11) is 0. The summed E-state index contributed by atoms with van der Waals surface area (Å²) in [6.45, 7) is 0.729. The second-order valence-electron chi connectivity index (χ2n) is 3.38. The molecular weight excluding hydrogens is 288 g/mol. The van der Waals surface area contributed by atoms with E-state index in [1.54, 1.807) is 6.20 Å². The lowest BCUT2D eigenvalue weighted by molar-refractivity contribution is 1.11. The fraction of sp³-hybridized carbons (Fsp3) is 0.0833. The van der Waals surface area contributed by atoms with Crippen LogP contribution < -0.4 is 5.32 Å².